The van der Waals surface area contributed by atoms with Crippen molar-refractivity contribution in [2.75, 3.05) is 7.05 Å². The van der Waals surface area contributed by atoms with Gasteiger partial charge in [-0.05, 0) is 25.7 Å². The van der Waals surface area contributed by atoms with Crippen molar-refractivity contribution >= 4 is 11.9 Å². The highest BCUT2D eigenvalue weighted by Gasteiger charge is 2.36. The molecule has 1 heterocycles. The summed E-state index contributed by atoms with van der Waals surface area (Å²) in [5.41, 5.74) is 0. The summed E-state index contributed by atoms with van der Waals surface area (Å²) in [7, 11) is 1.76. The Morgan fingerprint density at radius 3 is 2.24 bits per heavy atom. The highest BCUT2D eigenvalue weighted by Crippen LogP contribution is 2.22. The van der Waals surface area contributed by atoms with E-state index in [9.17, 15) is 9.59 Å². The third-order valence-corrected chi connectivity index (χ3v) is 3.41. The zero-order valence-corrected chi connectivity index (χ0v) is 10.7. The molecule has 2 atom stereocenters. The van der Waals surface area contributed by atoms with Crippen molar-refractivity contribution in [3.05, 3.63) is 0 Å². The molecule has 0 aliphatic carbocycles. The third-order valence-electron chi connectivity index (χ3n) is 3.41. The van der Waals surface area contributed by atoms with E-state index in [1.54, 1.807) is 11.9 Å². The number of ether oxygens (including phenoxy) is 1. The van der Waals surface area contributed by atoms with Crippen molar-refractivity contribution in [1.82, 2.24) is 4.90 Å². The molecule has 5 nitrogen and oxygen atoms in total. The Bertz CT molecular complexity index is 288. The molecule has 1 aliphatic heterocycles. The molecule has 1 aliphatic rings. The summed E-state index contributed by atoms with van der Waals surface area (Å²) in [5, 5.41) is 8.80. The monoisotopic (exact) mass is 243 g/mol. The van der Waals surface area contributed by atoms with Crippen LogP contribution in [0.2, 0.25) is 0 Å². The first-order chi connectivity index (χ1) is 8.01. The number of nitrogens with zero attached hydrogens (tertiary/aromatic N) is 1. The minimum Gasteiger partial charge on any atom is -0.479 e. The van der Waals surface area contributed by atoms with Gasteiger partial charge in [0.25, 0.3) is 5.91 Å². The van der Waals surface area contributed by atoms with Crippen molar-refractivity contribution in [3.8, 4) is 0 Å². The summed E-state index contributed by atoms with van der Waals surface area (Å²) >= 11 is 0. The molecule has 98 valence electrons. The van der Waals surface area contributed by atoms with E-state index in [1.165, 1.54) is 0 Å². The van der Waals surface area contributed by atoms with Gasteiger partial charge in [-0.1, -0.05) is 13.8 Å². The Labute approximate surface area is 102 Å². The van der Waals surface area contributed by atoms with Crippen LogP contribution in [0.15, 0.2) is 0 Å². The summed E-state index contributed by atoms with van der Waals surface area (Å²) in [4.78, 5) is 24.5. The highest BCUT2D eigenvalue weighted by molar-refractivity contribution is 5.82. The lowest BCUT2D eigenvalue weighted by Crippen LogP contribution is -2.42. The number of rotatable bonds is 5. The van der Waals surface area contributed by atoms with Gasteiger partial charge in [-0.3, -0.25) is 4.79 Å². The van der Waals surface area contributed by atoms with E-state index in [0.717, 1.165) is 12.8 Å². The van der Waals surface area contributed by atoms with Crippen molar-refractivity contribution in [3.63, 3.8) is 0 Å². The van der Waals surface area contributed by atoms with Gasteiger partial charge in [0.15, 0.2) is 6.10 Å². The van der Waals surface area contributed by atoms with E-state index in [4.69, 9.17) is 9.84 Å². The van der Waals surface area contributed by atoms with Crippen molar-refractivity contribution in [2.45, 2.75) is 57.8 Å². The number of carboxylic acids is 1. The lowest BCUT2D eigenvalue weighted by Gasteiger charge is -2.28. The van der Waals surface area contributed by atoms with Crippen molar-refractivity contribution in [1.29, 1.82) is 0 Å². The summed E-state index contributed by atoms with van der Waals surface area (Å²) < 4.78 is 5.25. The zero-order valence-electron chi connectivity index (χ0n) is 10.7. The number of amides is 1. The topological polar surface area (TPSA) is 66.8 Å². The fraction of sp³-hybridized carbons (Fsp3) is 0.833. The van der Waals surface area contributed by atoms with Gasteiger partial charge < -0.3 is 14.7 Å². The van der Waals surface area contributed by atoms with E-state index in [1.807, 2.05) is 13.8 Å². The zero-order chi connectivity index (χ0) is 13.0. The molecule has 1 fully saturated rings. The molecule has 0 saturated carbocycles. The van der Waals surface area contributed by atoms with Gasteiger partial charge in [-0.25, -0.2) is 4.79 Å². The van der Waals surface area contributed by atoms with E-state index in [0.29, 0.717) is 12.8 Å². The second kappa shape index (κ2) is 6.00. The van der Waals surface area contributed by atoms with Gasteiger partial charge in [-0.2, -0.15) is 0 Å². The molecule has 0 spiro atoms. The van der Waals surface area contributed by atoms with Crippen LogP contribution < -0.4 is 0 Å². The van der Waals surface area contributed by atoms with Crippen LogP contribution in [-0.2, 0) is 14.3 Å². The first-order valence-electron chi connectivity index (χ1n) is 6.16. The number of carboxylic acid groups (broad SMARTS) is 1. The van der Waals surface area contributed by atoms with E-state index in [2.05, 4.69) is 0 Å². The Kier molecular flexibility index (Phi) is 4.93. The molecular formula is C12H21NO4. The van der Waals surface area contributed by atoms with Crippen LogP contribution in [0.4, 0.5) is 0 Å². The molecule has 0 unspecified atom stereocenters. The lowest BCUT2D eigenvalue weighted by atomic mass is 10.1. The predicted octanol–water partition coefficient (Wildman–Crippen LogP) is 1.27. The first-order valence-corrected chi connectivity index (χ1v) is 6.16. The second-order valence-corrected chi connectivity index (χ2v) is 4.45. The average molecular weight is 243 g/mol. The van der Waals surface area contributed by atoms with Crippen LogP contribution in [0.3, 0.4) is 0 Å². The molecule has 0 bridgehead atoms. The van der Waals surface area contributed by atoms with Crippen LogP contribution in [-0.4, -0.2) is 47.2 Å². The van der Waals surface area contributed by atoms with Crippen molar-refractivity contribution in [2.24, 2.45) is 0 Å². The molecule has 1 saturated heterocycles. The van der Waals surface area contributed by atoms with Gasteiger partial charge in [0.2, 0.25) is 0 Å². The second-order valence-electron chi connectivity index (χ2n) is 4.45. The first kappa shape index (κ1) is 14.0. The van der Waals surface area contributed by atoms with Gasteiger partial charge in [-0.15, -0.1) is 0 Å². The molecule has 1 N–H and O–H groups in total. The maximum Gasteiger partial charge on any atom is 0.332 e. The maximum atomic E-state index is 12.1. The van der Waals surface area contributed by atoms with E-state index in [-0.39, 0.29) is 11.9 Å². The normalized spacial score (nSPS) is 24.0. The largest absolute Gasteiger partial charge is 0.479 e. The Morgan fingerprint density at radius 1 is 1.29 bits per heavy atom. The molecular weight excluding hydrogens is 222 g/mol. The van der Waals surface area contributed by atoms with E-state index >= 15 is 0 Å². The minimum atomic E-state index is -0.981. The maximum absolute atomic E-state index is 12.1. The van der Waals surface area contributed by atoms with Crippen LogP contribution in [0, 0.1) is 0 Å². The highest BCUT2D eigenvalue weighted by atomic mass is 16.5. The predicted molar refractivity (Wildman–Crippen MR) is 62.7 cm³/mol. The molecule has 1 rings (SSSR count). The molecule has 0 radical (unpaired) electrons. The fourth-order valence-electron chi connectivity index (χ4n) is 2.24. The minimum absolute atomic E-state index is 0.0950. The van der Waals surface area contributed by atoms with Crippen LogP contribution >= 0.6 is 0 Å². The average Bonchev–Trinajstić information content (AvgIpc) is 2.78. The Balaban J connectivity index is 2.57. The van der Waals surface area contributed by atoms with Crippen molar-refractivity contribution < 1.29 is 19.4 Å². The molecule has 0 aromatic carbocycles. The molecule has 0 aromatic rings. The van der Waals surface area contributed by atoms with Gasteiger partial charge in [0, 0.05) is 13.1 Å². The smallest absolute Gasteiger partial charge is 0.332 e. The Hall–Kier alpha value is -1.10. The summed E-state index contributed by atoms with van der Waals surface area (Å²) in [5.74, 6) is -1.08. The SMILES string of the molecule is CCC(CC)N(C)C(=O)[C@@H]1CC[C@H](C(=O)O)O1. The fourth-order valence-corrected chi connectivity index (χ4v) is 2.24. The lowest BCUT2D eigenvalue weighted by molar-refractivity contribution is -0.155. The van der Waals surface area contributed by atoms with Gasteiger partial charge >= 0.3 is 5.97 Å². The van der Waals surface area contributed by atoms with Crippen LogP contribution in [0.1, 0.15) is 39.5 Å². The molecule has 5 heteroatoms. The molecule has 17 heavy (non-hydrogen) atoms. The van der Waals surface area contributed by atoms with E-state index < -0.39 is 18.2 Å². The number of carbonyl (C=O) groups is 2. The number of hydrogen-bond donors (Lipinski definition) is 1. The third kappa shape index (κ3) is 3.19. The van der Waals surface area contributed by atoms with Gasteiger partial charge in [0.1, 0.15) is 6.10 Å². The quantitative estimate of drug-likeness (QED) is 0.789. The number of aliphatic carboxylic acids is 1. The standard InChI is InChI=1S/C12H21NO4/c1-4-8(5-2)13(3)11(14)9-6-7-10(17-9)12(15)16/h8-10H,4-7H2,1-3H3,(H,15,16)/t9-,10+/m0/s1. The number of hydrogen-bond acceptors (Lipinski definition) is 3. The molecule has 0 aromatic heterocycles. The Morgan fingerprint density at radius 2 is 1.82 bits per heavy atom. The van der Waals surface area contributed by atoms with Crippen LogP contribution in [0.25, 0.3) is 0 Å². The summed E-state index contributed by atoms with van der Waals surface area (Å²) in [6.07, 6.45) is 1.31. The summed E-state index contributed by atoms with van der Waals surface area (Å²) in [6, 6.07) is 0.204. The number of carbonyl (C=O) groups excluding carboxylic acids is 1. The number of likely N-dealkylation sites (N-methyl/N-ethyl adjacent to an activating group) is 1. The van der Waals surface area contributed by atoms with Gasteiger partial charge in [0.05, 0.1) is 0 Å². The molecule has 1 amide bonds. The summed E-state index contributed by atoms with van der Waals surface area (Å²) in [6.45, 7) is 4.07. The van der Waals surface area contributed by atoms with Crippen LogP contribution in [0.5, 0.6) is 0 Å².